The van der Waals surface area contributed by atoms with Crippen molar-refractivity contribution in [1.29, 1.82) is 0 Å². The van der Waals surface area contributed by atoms with Gasteiger partial charge in [0, 0.05) is 5.56 Å². The maximum atomic E-state index is 12.2. The first-order chi connectivity index (χ1) is 11.6. The van der Waals surface area contributed by atoms with Crippen LogP contribution in [0.3, 0.4) is 0 Å². The fourth-order valence-corrected chi connectivity index (χ4v) is 4.34. The largest absolute Gasteiger partial charge is 0.504 e. The zero-order chi connectivity index (χ0) is 17.1. The summed E-state index contributed by atoms with van der Waals surface area (Å²) in [6.07, 6.45) is 0. The average Bonchev–Trinajstić information content (AvgIpc) is 2.97. The Balaban J connectivity index is 1.75. The predicted molar refractivity (Wildman–Crippen MR) is 95.8 cm³/mol. The van der Waals surface area contributed by atoms with Gasteiger partial charge in [0.1, 0.15) is 7.05 Å². The van der Waals surface area contributed by atoms with Crippen molar-refractivity contribution in [2.24, 2.45) is 7.05 Å². The molecule has 4 nitrogen and oxygen atoms in total. The van der Waals surface area contributed by atoms with Crippen LogP contribution in [0, 0.1) is 0 Å². The third-order valence-corrected chi connectivity index (χ3v) is 5.99. The number of rotatable bonds is 5. The number of carbonyl (C=O) groups excluding carboxylic acids is 1. The lowest BCUT2D eigenvalue weighted by atomic mass is 10.1. The van der Waals surface area contributed by atoms with Gasteiger partial charge in [-0.2, -0.15) is 4.57 Å². The molecule has 3 rings (SSSR count). The van der Waals surface area contributed by atoms with Gasteiger partial charge in [-0.3, -0.25) is 4.79 Å². The lowest BCUT2D eigenvalue weighted by Crippen LogP contribution is -2.30. The van der Waals surface area contributed by atoms with Gasteiger partial charge in [0.2, 0.25) is 5.69 Å². The number of phenolic OH excluding ortho intramolecular Hbond substituents is 2. The van der Waals surface area contributed by atoms with Gasteiger partial charge in [0.05, 0.1) is 16.7 Å². The van der Waals surface area contributed by atoms with E-state index in [9.17, 15) is 15.0 Å². The highest BCUT2D eigenvalue weighted by molar-refractivity contribution is 8.01. The van der Waals surface area contributed by atoms with E-state index in [2.05, 4.69) is 0 Å². The van der Waals surface area contributed by atoms with E-state index in [4.69, 9.17) is 0 Å². The summed E-state index contributed by atoms with van der Waals surface area (Å²) in [6, 6.07) is 14.0. The minimum atomic E-state index is -0.146. The van der Waals surface area contributed by atoms with Crippen LogP contribution in [0.15, 0.2) is 58.3 Å². The first-order valence-electron chi connectivity index (χ1n) is 7.27. The summed E-state index contributed by atoms with van der Waals surface area (Å²) in [6.45, 7) is 0. The lowest BCUT2D eigenvalue weighted by molar-refractivity contribution is -0.691. The molecule has 0 amide bonds. The number of Topliss-reactive ketones (excluding diaryl/α,β-unsaturated/α-hetero) is 1. The van der Waals surface area contributed by atoms with E-state index in [-0.39, 0.29) is 17.3 Å². The van der Waals surface area contributed by atoms with Gasteiger partial charge < -0.3 is 10.2 Å². The number of aromatic nitrogens is 1. The smallest absolute Gasteiger partial charge is 0.298 e. The summed E-state index contributed by atoms with van der Waals surface area (Å²) >= 11 is 3.04. The van der Waals surface area contributed by atoms with Gasteiger partial charge >= 0.3 is 0 Å². The van der Waals surface area contributed by atoms with E-state index < -0.39 is 0 Å². The molecule has 0 bridgehead atoms. The first kappa shape index (κ1) is 16.5. The molecule has 0 aliphatic carbocycles. The highest BCUT2D eigenvalue weighted by Gasteiger charge is 2.20. The zero-order valence-electron chi connectivity index (χ0n) is 13.0. The Morgan fingerprint density at radius 2 is 1.88 bits per heavy atom. The summed E-state index contributed by atoms with van der Waals surface area (Å²) in [5.74, 6) is 0.184. The van der Waals surface area contributed by atoms with Crippen molar-refractivity contribution in [2.75, 3.05) is 5.75 Å². The van der Waals surface area contributed by atoms with Gasteiger partial charge in [0.15, 0.2) is 17.3 Å². The molecule has 0 fully saturated rings. The van der Waals surface area contributed by atoms with Gasteiger partial charge in [-0.1, -0.05) is 41.7 Å². The maximum absolute atomic E-state index is 12.2. The monoisotopic (exact) mass is 358 g/mol. The molecule has 1 heterocycles. The van der Waals surface area contributed by atoms with Crippen LogP contribution in [-0.4, -0.2) is 21.7 Å². The average molecular weight is 358 g/mol. The zero-order valence-corrected chi connectivity index (χ0v) is 14.6. The minimum Gasteiger partial charge on any atom is -0.504 e. The molecule has 2 N–H and O–H groups in total. The van der Waals surface area contributed by atoms with Crippen LogP contribution >= 0.6 is 23.1 Å². The summed E-state index contributed by atoms with van der Waals surface area (Å²) < 4.78 is 2.99. The van der Waals surface area contributed by atoms with E-state index >= 15 is 0 Å². The molecule has 24 heavy (non-hydrogen) atoms. The number of ketones is 1. The number of thiazole rings is 1. The van der Waals surface area contributed by atoms with Crippen LogP contribution in [-0.2, 0) is 7.05 Å². The summed E-state index contributed by atoms with van der Waals surface area (Å²) in [4.78, 5) is 12.2. The first-order valence-corrected chi connectivity index (χ1v) is 9.13. The van der Waals surface area contributed by atoms with Crippen LogP contribution in [0.25, 0.3) is 11.3 Å². The molecule has 0 aliphatic heterocycles. The Bertz CT molecular complexity index is 875. The van der Waals surface area contributed by atoms with Gasteiger partial charge in [-0.05, 0) is 30.0 Å². The third kappa shape index (κ3) is 3.44. The van der Waals surface area contributed by atoms with Crippen molar-refractivity contribution >= 4 is 28.9 Å². The minimum absolute atomic E-state index is 0.0952. The maximum Gasteiger partial charge on any atom is 0.298 e. The fourth-order valence-electron chi connectivity index (χ4n) is 2.27. The number of hydrogen-bond donors (Lipinski definition) is 2. The second-order valence-corrected chi connectivity index (χ2v) is 7.31. The molecule has 0 spiro atoms. The summed E-state index contributed by atoms with van der Waals surface area (Å²) in [5.41, 5.74) is 2.45. The van der Waals surface area contributed by atoms with E-state index in [1.807, 2.05) is 47.3 Å². The Kier molecular flexibility index (Phi) is 4.87. The fraction of sp³-hybridized carbons (Fsp3) is 0.111. The number of thioether (sulfide) groups is 1. The number of aromatic hydroxyl groups is 2. The molecule has 1 aromatic heterocycles. The van der Waals surface area contributed by atoms with Crippen molar-refractivity contribution in [3.8, 4) is 22.8 Å². The number of nitrogens with zero attached hydrogens (tertiary/aromatic N) is 1. The van der Waals surface area contributed by atoms with E-state index in [0.717, 1.165) is 15.6 Å². The molecule has 0 unspecified atom stereocenters. The Labute approximate surface area is 148 Å². The number of hydrogen-bond acceptors (Lipinski definition) is 5. The highest BCUT2D eigenvalue weighted by atomic mass is 32.2. The van der Waals surface area contributed by atoms with E-state index in [0.29, 0.717) is 11.3 Å². The second-order valence-electron chi connectivity index (χ2n) is 5.23. The molecule has 122 valence electrons. The van der Waals surface area contributed by atoms with E-state index in [1.54, 1.807) is 17.4 Å². The standard InChI is InChI=1S/C18H15NO3S2/c1-19-14(13-7-8-15(20)16(21)9-13)10-23-18(19)24-11-17(22)12-5-3-2-4-6-12/h2-10H,11H2,1H3,(H-,20,21)/p+1. The van der Waals surface area contributed by atoms with Crippen LogP contribution in [0.5, 0.6) is 11.5 Å². The van der Waals surface area contributed by atoms with Crippen molar-refractivity contribution in [1.82, 2.24) is 0 Å². The molecule has 0 atom stereocenters. The number of benzene rings is 2. The SMILES string of the molecule is C[n+]1c(-c2ccc(O)c(O)c2)csc1SCC(=O)c1ccccc1. The third-order valence-electron chi connectivity index (χ3n) is 3.60. The molecule has 0 saturated carbocycles. The summed E-state index contributed by atoms with van der Waals surface area (Å²) in [5, 5.41) is 21.1. The number of phenols is 2. The molecule has 0 saturated heterocycles. The normalized spacial score (nSPS) is 10.7. The lowest BCUT2D eigenvalue weighted by Gasteiger charge is -2.01. The van der Waals surface area contributed by atoms with Crippen LogP contribution in [0.1, 0.15) is 10.4 Å². The van der Waals surface area contributed by atoms with Crippen molar-refractivity contribution < 1.29 is 19.6 Å². The number of carbonyl (C=O) groups is 1. The Morgan fingerprint density at radius 3 is 2.58 bits per heavy atom. The highest BCUT2D eigenvalue weighted by Crippen LogP contribution is 2.32. The molecule has 0 radical (unpaired) electrons. The second kappa shape index (κ2) is 7.07. The topological polar surface area (TPSA) is 61.4 Å². The van der Waals surface area contributed by atoms with Crippen LogP contribution in [0.4, 0.5) is 0 Å². The molecular weight excluding hydrogens is 342 g/mol. The van der Waals surface area contributed by atoms with Gasteiger partial charge in [-0.15, -0.1) is 0 Å². The molecule has 0 aliphatic rings. The molecule has 2 aromatic carbocycles. The van der Waals surface area contributed by atoms with Gasteiger partial charge in [-0.25, -0.2) is 0 Å². The summed E-state index contributed by atoms with van der Waals surface area (Å²) in [7, 11) is 1.92. The van der Waals surface area contributed by atoms with Crippen molar-refractivity contribution in [3.63, 3.8) is 0 Å². The quantitative estimate of drug-likeness (QED) is 0.316. The van der Waals surface area contributed by atoms with E-state index in [1.165, 1.54) is 23.9 Å². The molecular formula is C18H16NO3S2+. The van der Waals surface area contributed by atoms with Gasteiger partial charge in [0.25, 0.3) is 4.34 Å². The molecule has 6 heteroatoms. The predicted octanol–water partition coefficient (Wildman–Crippen LogP) is 3.63. The Morgan fingerprint density at radius 1 is 1.12 bits per heavy atom. The van der Waals surface area contributed by atoms with Crippen LogP contribution < -0.4 is 4.57 Å². The van der Waals surface area contributed by atoms with Crippen LogP contribution in [0.2, 0.25) is 0 Å². The molecule has 3 aromatic rings. The Hall–Kier alpha value is -2.31. The van der Waals surface area contributed by atoms with Crippen molar-refractivity contribution in [2.45, 2.75) is 4.34 Å². The van der Waals surface area contributed by atoms with Crippen molar-refractivity contribution in [3.05, 3.63) is 59.5 Å².